The van der Waals surface area contributed by atoms with Gasteiger partial charge < -0.3 is 10.1 Å². The largest absolute Gasteiger partial charge is 0.382 e. The van der Waals surface area contributed by atoms with Crippen LogP contribution in [0.1, 0.15) is 38.7 Å². The van der Waals surface area contributed by atoms with Gasteiger partial charge in [-0.25, -0.2) is 0 Å². The van der Waals surface area contributed by atoms with Crippen LogP contribution in [0.15, 0.2) is 24.3 Å². The molecule has 1 aromatic carbocycles. The number of hydrogen-bond acceptors (Lipinski definition) is 2. The van der Waals surface area contributed by atoms with Crippen LogP contribution in [0.2, 0.25) is 0 Å². The van der Waals surface area contributed by atoms with E-state index in [1.165, 1.54) is 17.7 Å². The Balaban J connectivity index is 1.99. The van der Waals surface area contributed by atoms with Crippen LogP contribution in [0, 0.1) is 5.92 Å². The van der Waals surface area contributed by atoms with Crippen molar-refractivity contribution in [2.75, 3.05) is 18.5 Å². The van der Waals surface area contributed by atoms with Crippen LogP contribution in [0.4, 0.5) is 5.69 Å². The van der Waals surface area contributed by atoms with Crippen molar-refractivity contribution in [3.63, 3.8) is 0 Å². The standard InChI is InChI=1S/C15H23NO/c1-11(2)13-5-4-6-15(9-13)16-12(3)14-7-8-17-10-14/h4-6,9,11-12,14,16H,7-8,10H2,1-3H3. The first kappa shape index (κ1) is 12.4. The molecule has 2 nitrogen and oxygen atoms in total. The second-order valence-corrected chi connectivity index (χ2v) is 5.34. The monoisotopic (exact) mass is 233 g/mol. The Morgan fingerprint density at radius 3 is 2.76 bits per heavy atom. The number of nitrogens with one attached hydrogen (secondary N) is 1. The van der Waals surface area contributed by atoms with Gasteiger partial charge in [-0.15, -0.1) is 0 Å². The molecule has 0 radical (unpaired) electrons. The lowest BCUT2D eigenvalue weighted by Gasteiger charge is -2.21. The van der Waals surface area contributed by atoms with Gasteiger partial charge in [-0.1, -0.05) is 26.0 Å². The minimum Gasteiger partial charge on any atom is -0.382 e. The van der Waals surface area contributed by atoms with Gasteiger partial charge in [0.2, 0.25) is 0 Å². The van der Waals surface area contributed by atoms with Crippen molar-refractivity contribution in [1.82, 2.24) is 0 Å². The summed E-state index contributed by atoms with van der Waals surface area (Å²) < 4.78 is 5.44. The van der Waals surface area contributed by atoms with Crippen molar-refractivity contribution in [3.8, 4) is 0 Å². The normalized spacial score (nSPS) is 21.8. The predicted molar refractivity (Wildman–Crippen MR) is 72.5 cm³/mol. The second kappa shape index (κ2) is 5.54. The third kappa shape index (κ3) is 3.22. The van der Waals surface area contributed by atoms with Gasteiger partial charge in [-0.2, -0.15) is 0 Å². The van der Waals surface area contributed by atoms with Crippen LogP contribution >= 0.6 is 0 Å². The fourth-order valence-electron chi connectivity index (χ4n) is 2.32. The van der Waals surface area contributed by atoms with E-state index in [-0.39, 0.29) is 0 Å². The first-order valence-electron chi connectivity index (χ1n) is 6.61. The molecule has 1 aliphatic heterocycles. The molecule has 0 aliphatic carbocycles. The van der Waals surface area contributed by atoms with E-state index in [2.05, 4.69) is 50.4 Å². The van der Waals surface area contributed by atoms with Gasteiger partial charge in [0.1, 0.15) is 0 Å². The smallest absolute Gasteiger partial charge is 0.0514 e. The van der Waals surface area contributed by atoms with Crippen LogP contribution in [0.5, 0.6) is 0 Å². The maximum Gasteiger partial charge on any atom is 0.0514 e. The van der Waals surface area contributed by atoms with Crippen molar-refractivity contribution in [3.05, 3.63) is 29.8 Å². The quantitative estimate of drug-likeness (QED) is 0.857. The first-order valence-corrected chi connectivity index (χ1v) is 6.61. The van der Waals surface area contributed by atoms with E-state index in [9.17, 15) is 0 Å². The highest BCUT2D eigenvalue weighted by molar-refractivity contribution is 5.47. The van der Waals surface area contributed by atoms with Crippen LogP contribution < -0.4 is 5.32 Å². The molecule has 1 aromatic rings. The summed E-state index contributed by atoms with van der Waals surface area (Å²) in [6, 6.07) is 9.23. The summed E-state index contributed by atoms with van der Waals surface area (Å²) in [5.41, 5.74) is 2.63. The molecule has 0 bridgehead atoms. The highest BCUT2D eigenvalue weighted by Crippen LogP contribution is 2.23. The third-order valence-corrected chi connectivity index (χ3v) is 3.62. The average Bonchev–Trinajstić information content (AvgIpc) is 2.82. The van der Waals surface area contributed by atoms with Gasteiger partial charge in [0.05, 0.1) is 6.61 Å². The van der Waals surface area contributed by atoms with Crippen LogP contribution in [-0.2, 0) is 4.74 Å². The molecule has 1 saturated heterocycles. The SMILES string of the molecule is CC(C)c1cccc(NC(C)C2CCOC2)c1. The van der Waals surface area contributed by atoms with Crippen molar-refractivity contribution >= 4 is 5.69 Å². The van der Waals surface area contributed by atoms with Gasteiger partial charge in [0.25, 0.3) is 0 Å². The molecule has 0 saturated carbocycles. The zero-order chi connectivity index (χ0) is 12.3. The van der Waals surface area contributed by atoms with Crippen molar-refractivity contribution in [2.45, 2.75) is 39.2 Å². The van der Waals surface area contributed by atoms with Crippen molar-refractivity contribution < 1.29 is 4.74 Å². The Kier molecular flexibility index (Phi) is 4.06. The molecule has 1 N–H and O–H groups in total. The maximum absolute atomic E-state index is 5.44. The second-order valence-electron chi connectivity index (χ2n) is 5.34. The summed E-state index contributed by atoms with van der Waals surface area (Å²) >= 11 is 0. The molecule has 2 heteroatoms. The molecular formula is C15H23NO. The minimum atomic E-state index is 0.486. The average molecular weight is 233 g/mol. The van der Waals surface area contributed by atoms with Gasteiger partial charge in [0, 0.05) is 24.3 Å². The van der Waals surface area contributed by atoms with E-state index >= 15 is 0 Å². The Hall–Kier alpha value is -1.02. The van der Waals surface area contributed by atoms with E-state index in [0.717, 1.165) is 13.2 Å². The van der Waals surface area contributed by atoms with E-state index in [1.807, 2.05) is 0 Å². The molecule has 0 amide bonds. The number of anilines is 1. The molecule has 0 spiro atoms. The summed E-state index contributed by atoms with van der Waals surface area (Å²) in [6.45, 7) is 8.53. The highest BCUT2D eigenvalue weighted by Gasteiger charge is 2.22. The lowest BCUT2D eigenvalue weighted by molar-refractivity contribution is 0.183. The van der Waals surface area contributed by atoms with Crippen molar-refractivity contribution in [2.24, 2.45) is 5.92 Å². The van der Waals surface area contributed by atoms with E-state index in [1.54, 1.807) is 0 Å². The summed E-state index contributed by atoms with van der Waals surface area (Å²) in [7, 11) is 0. The molecule has 17 heavy (non-hydrogen) atoms. The fraction of sp³-hybridized carbons (Fsp3) is 0.600. The topological polar surface area (TPSA) is 21.3 Å². The number of rotatable bonds is 4. The van der Waals surface area contributed by atoms with Gasteiger partial charge in [-0.3, -0.25) is 0 Å². The van der Waals surface area contributed by atoms with Gasteiger partial charge >= 0.3 is 0 Å². The van der Waals surface area contributed by atoms with E-state index in [0.29, 0.717) is 17.9 Å². The van der Waals surface area contributed by atoms with E-state index in [4.69, 9.17) is 4.74 Å². The molecule has 2 atom stereocenters. The zero-order valence-corrected chi connectivity index (χ0v) is 11.1. The lowest BCUT2D eigenvalue weighted by Crippen LogP contribution is -2.26. The first-order chi connectivity index (χ1) is 8.16. The van der Waals surface area contributed by atoms with Crippen LogP contribution in [-0.4, -0.2) is 19.3 Å². The number of hydrogen-bond donors (Lipinski definition) is 1. The Morgan fingerprint density at radius 1 is 1.29 bits per heavy atom. The predicted octanol–water partition coefficient (Wildman–Crippen LogP) is 3.65. The summed E-state index contributed by atoms with van der Waals surface area (Å²) in [5, 5.41) is 3.60. The zero-order valence-electron chi connectivity index (χ0n) is 11.1. The van der Waals surface area contributed by atoms with Gasteiger partial charge in [-0.05, 0) is 37.0 Å². The maximum atomic E-state index is 5.44. The molecular weight excluding hydrogens is 210 g/mol. The molecule has 1 aliphatic rings. The molecule has 2 rings (SSSR count). The summed E-state index contributed by atoms with van der Waals surface area (Å²) in [4.78, 5) is 0. The molecule has 94 valence electrons. The van der Waals surface area contributed by atoms with Gasteiger partial charge in [0.15, 0.2) is 0 Å². The molecule has 1 heterocycles. The van der Waals surface area contributed by atoms with Crippen LogP contribution in [0.3, 0.4) is 0 Å². The Morgan fingerprint density at radius 2 is 2.12 bits per heavy atom. The lowest BCUT2D eigenvalue weighted by atomic mass is 9.99. The molecule has 1 fully saturated rings. The summed E-state index contributed by atoms with van der Waals surface area (Å²) in [5.74, 6) is 1.24. The Labute approximate surface area is 104 Å². The minimum absolute atomic E-state index is 0.486. The Bertz CT molecular complexity index is 356. The number of benzene rings is 1. The van der Waals surface area contributed by atoms with E-state index < -0.39 is 0 Å². The van der Waals surface area contributed by atoms with Crippen LogP contribution in [0.25, 0.3) is 0 Å². The molecule has 2 unspecified atom stereocenters. The third-order valence-electron chi connectivity index (χ3n) is 3.62. The molecule has 0 aromatic heterocycles. The van der Waals surface area contributed by atoms with Crippen molar-refractivity contribution in [1.29, 1.82) is 0 Å². The summed E-state index contributed by atoms with van der Waals surface area (Å²) in [6.07, 6.45) is 1.18. The number of ether oxygens (including phenoxy) is 1. The fourth-order valence-corrected chi connectivity index (χ4v) is 2.32. The highest BCUT2D eigenvalue weighted by atomic mass is 16.5.